The number of hydrogen-bond acceptors (Lipinski definition) is 21. The third-order valence-corrected chi connectivity index (χ3v) is 18.0. The predicted octanol–water partition coefficient (Wildman–Crippen LogP) is -3.04. The Morgan fingerprint density at radius 1 is 0.528 bits per heavy atom. The molecular weight excluding hydrogens is 1420 g/mol. The number of rotatable bonds is 40. The van der Waals surface area contributed by atoms with Crippen LogP contribution >= 0.6 is 11.8 Å². The Morgan fingerprint density at radius 2 is 1.05 bits per heavy atom. The fourth-order valence-electron chi connectivity index (χ4n) is 11.6. The Kier molecular flexibility index (Phi) is 34.8. The lowest BCUT2D eigenvalue weighted by atomic mass is 10.00. The minimum Gasteiger partial charge on any atom is -0.480 e. The average molecular weight is 1520 g/mol. The molecule has 0 spiro atoms. The van der Waals surface area contributed by atoms with E-state index in [-0.39, 0.29) is 128 Å². The van der Waals surface area contributed by atoms with Crippen LogP contribution < -0.4 is 58.9 Å². The molecule has 36 nitrogen and oxygen atoms in total. The number of carboxylic acid groups (broad SMARTS) is 3. The van der Waals surface area contributed by atoms with E-state index >= 15 is 0 Å². The van der Waals surface area contributed by atoms with Crippen LogP contribution in [-0.2, 0) is 81.6 Å². The van der Waals surface area contributed by atoms with Crippen molar-refractivity contribution in [2.24, 2.45) is 11.7 Å². The topological polar surface area (TPSA) is 524 Å². The van der Waals surface area contributed by atoms with Crippen molar-refractivity contribution < 1.29 is 87.5 Å². The molecule has 18 N–H and O–H groups in total. The van der Waals surface area contributed by atoms with Gasteiger partial charge in [0.25, 0.3) is 5.91 Å². The number of amides is 11. The van der Waals surface area contributed by atoms with Gasteiger partial charge in [0, 0.05) is 112 Å². The molecule has 5 aromatic rings. The van der Waals surface area contributed by atoms with Crippen LogP contribution in [0, 0.1) is 5.92 Å². The normalized spacial score (nSPS) is 15.6. The Bertz CT molecular complexity index is 3850. The van der Waals surface area contributed by atoms with Crippen LogP contribution in [0.2, 0.25) is 0 Å². The molecule has 1 unspecified atom stereocenters. The van der Waals surface area contributed by atoms with Crippen molar-refractivity contribution in [1.82, 2.24) is 82.4 Å². The van der Waals surface area contributed by atoms with Gasteiger partial charge in [-0.05, 0) is 86.1 Å². The van der Waals surface area contributed by atoms with Crippen LogP contribution in [0.25, 0.3) is 10.9 Å². The minimum atomic E-state index is -1.72. The van der Waals surface area contributed by atoms with Gasteiger partial charge in [-0.15, -0.1) is 0 Å². The van der Waals surface area contributed by atoms with Gasteiger partial charge in [-0.25, -0.2) is 4.98 Å². The first-order valence-electron chi connectivity index (χ1n) is 35.1. The summed E-state index contributed by atoms with van der Waals surface area (Å²) in [5.41, 5.74) is 8.27. The van der Waals surface area contributed by atoms with Gasteiger partial charge in [0.2, 0.25) is 59.1 Å². The number of aromatic amines is 2. The summed E-state index contributed by atoms with van der Waals surface area (Å²) < 4.78 is 0. The molecule has 11 amide bonds. The Morgan fingerprint density at radius 3 is 1.58 bits per heavy atom. The van der Waals surface area contributed by atoms with E-state index < -0.39 is 144 Å². The number of carbonyl (C=O) groups is 14. The highest BCUT2D eigenvalue weighted by Crippen LogP contribution is 2.21. The van der Waals surface area contributed by atoms with E-state index in [1.54, 1.807) is 80.4 Å². The summed E-state index contributed by atoms with van der Waals surface area (Å²) in [4.78, 5) is 202. The van der Waals surface area contributed by atoms with Crippen LogP contribution in [0.3, 0.4) is 0 Å². The summed E-state index contributed by atoms with van der Waals surface area (Å²) in [6.45, 7) is 4.98. The van der Waals surface area contributed by atoms with Crippen LogP contribution in [-0.4, -0.2) is 290 Å². The molecule has 1 aliphatic heterocycles. The number of primary amides is 1. The summed E-state index contributed by atoms with van der Waals surface area (Å²) >= 11 is 1.44. The number of benzene rings is 3. The SMILES string of the molecule is CSCC[C@H](NC(=O)[C@H](Cc1ccccc1)NC(=O)[C@H](Cc1cnc[nH]1)NC(=O)CNC(=O)[C@@H](NC(=O)[C@H](C)NC(=O)[C@H](Cc1c[nH]c2ccccc12)NC(=O)[C@H](CC(C)C)NC(=O)c1ccc(NC(=O)CNC(=O)CN2CCN(CC(=O)O)CCN(CC(=O)O)CCN(CC(=O)O)CC2)cc1)C(C)O)C(N)=O. The van der Waals surface area contributed by atoms with E-state index in [2.05, 4.69) is 68.1 Å². The maximum Gasteiger partial charge on any atom is 0.317 e. The number of anilines is 1. The molecule has 0 bridgehead atoms. The number of nitrogens with one attached hydrogen (secondary N) is 12. The van der Waals surface area contributed by atoms with Crippen molar-refractivity contribution in [3.8, 4) is 0 Å². The van der Waals surface area contributed by atoms with Gasteiger partial charge in [0.15, 0.2) is 0 Å². The Labute approximate surface area is 627 Å². The molecule has 2 aromatic heterocycles. The van der Waals surface area contributed by atoms with Gasteiger partial charge in [-0.3, -0.25) is 86.7 Å². The van der Waals surface area contributed by atoms with E-state index in [1.165, 1.54) is 62.4 Å². The fourth-order valence-corrected chi connectivity index (χ4v) is 12.1. The highest BCUT2D eigenvalue weighted by molar-refractivity contribution is 7.98. The molecule has 108 heavy (non-hydrogen) atoms. The van der Waals surface area contributed by atoms with Gasteiger partial charge in [-0.2, -0.15) is 11.8 Å². The molecular formula is C71H98N18O18S. The largest absolute Gasteiger partial charge is 0.480 e. The summed E-state index contributed by atoms with van der Waals surface area (Å²) in [6, 6.07) is 12.0. The van der Waals surface area contributed by atoms with Crippen molar-refractivity contribution in [3.05, 3.63) is 120 Å². The molecule has 8 atom stereocenters. The number of fused-ring (bicyclic) bond motifs is 1. The minimum absolute atomic E-state index is 0.0217. The number of aromatic nitrogens is 3. The third-order valence-electron chi connectivity index (χ3n) is 17.4. The number of imidazole rings is 1. The quantitative estimate of drug-likeness (QED) is 0.0185. The molecule has 586 valence electrons. The molecule has 1 fully saturated rings. The smallest absolute Gasteiger partial charge is 0.317 e. The maximum atomic E-state index is 14.5. The van der Waals surface area contributed by atoms with Crippen LogP contribution in [0.15, 0.2) is 97.6 Å². The number of carboxylic acids is 3. The molecule has 0 saturated carbocycles. The van der Waals surface area contributed by atoms with E-state index in [1.807, 2.05) is 20.1 Å². The van der Waals surface area contributed by atoms with E-state index in [4.69, 9.17) is 5.73 Å². The summed E-state index contributed by atoms with van der Waals surface area (Å²) in [7, 11) is 0. The first-order chi connectivity index (χ1) is 51.4. The van der Waals surface area contributed by atoms with Crippen molar-refractivity contribution in [2.45, 2.75) is 108 Å². The molecule has 3 aromatic carbocycles. The zero-order chi connectivity index (χ0) is 79.0. The number of H-pyrrole nitrogens is 2. The Hall–Kier alpha value is -10.9. The predicted molar refractivity (Wildman–Crippen MR) is 396 cm³/mol. The van der Waals surface area contributed by atoms with Gasteiger partial charge in [0.1, 0.15) is 42.3 Å². The molecule has 0 aliphatic carbocycles. The second kappa shape index (κ2) is 43.7. The number of thioether (sulfide) groups is 1. The van der Waals surface area contributed by atoms with Crippen LogP contribution in [0.1, 0.15) is 67.7 Å². The molecule has 1 aliphatic rings. The number of aliphatic hydroxyl groups excluding tert-OH is 1. The van der Waals surface area contributed by atoms with Crippen molar-refractivity contribution >= 4 is 111 Å². The second-order valence-corrected chi connectivity index (χ2v) is 27.5. The maximum absolute atomic E-state index is 14.5. The summed E-state index contributed by atoms with van der Waals surface area (Å²) in [5, 5.41) is 66.0. The molecule has 1 saturated heterocycles. The fraction of sp³-hybridized carbons (Fsp3) is 0.479. The third kappa shape index (κ3) is 29.8. The van der Waals surface area contributed by atoms with Crippen LogP contribution in [0.4, 0.5) is 5.69 Å². The molecule has 6 rings (SSSR count). The zero-order valence-electron chi connectivity index (χ0n) is 60.8. The van der Waals surface area contributed by atoms with E-state index in [9.17, 15) is 87.5 Å². The number of aliphatic hydroxyl groups is 1. The first kappa shape index (κ1) is 86.1. The number of hydrogen-bond donors (Lipinski definition) is 17. The lowest BCUT2D eigenvalue weighted by Gasteiger charge is -2.32. The summed E-state index contributed by atoms with van der Waals surface area (Å²) in [5.74, 6) is -11.8. The number of carbonyl (C=O) groups excluding carboxylic acids is 11. The Balaban J connectivity index is 1.06. The number of aliphatic carboxylic acids is 3. The van der Waals surface area contributed by atoms with Crippen molar-refractivity contribution in [3.63, 3.8) is 0 Å². The van der Waals surface area contributed by atoms with Crippen molar-refractivity contribution in [1.29, 1.82) is 0 Å². The van der Waals surface area contributed by atoms with Crippen LogP contribution in [0.5, 0.6) is 0 Å². The van der Waals surface area contributed by atoms with Gasteiger partial charge in [-0.1, -0.05) is 62.4 Å². The molecule has 3 heterocycles. The van der Waals surface area contributed by atoms with Gasteiger partial charge >= 0.3 is 17.9 Å². The first-order valence-corrected chi connectivity index (χ1v) is 36.5. The second-order valence-electron chi connectivity index (χ2n) is 26.5. The molecule has 37 heteroatoms. The lowest BCUT2D eigenvalue weighted by molar-refractivity contribution is -0.140. The standard InChI is InChI=1S/C71H98N18O18S/c1-42(2)29-53(82-66(102)46-15-17-48(18-16-46)79-57(91)35-75-59(93)37-86-20-22-87(38-60(94)95)24-26-89(40-62(98)99)27-25-88(23-21-86)39-61(96)97)68(104)84-55(31-47-33-74-51-14-10-9-13-50(47)51)67(103)78-43(3)65(101)85-63(44(4)90)71(107)76-36-58(92)80-56(32-49-34-73-41-77-49)70(106)83-54(30-45-11-7-6-8-12-45)69(105)81-52(64(72)100)19-28-108-5/h6-18,33-34,41-44,52-56,63,74,90H,19-32,35-40H2,1-5H3,(H2,72,100)(H,73,77)(H,75,93)(H,76,107)(H,78,103)(H,79,91)(H,80,92)(H,81,105)(H,82,102)(H,83,106)(H,84,104)(H,85,101)(H,94,95)(H,96,97)(H,98,99)/t43-,44?,52-,53-,54-,55-,56-,63-/m0/s1. The number of para-hydroxylation sites is 1. The monoisotopic (exact) mass is 1520 g/mol. The lowest BCUT2D eigenvalue weighted by Crippen LogP contribution is -2.60. The number of nitrogens with zero attached hydrogens (tertiary/aromatic N) is 5. The zero-order valence-corrected chi connectivity index (χ0v) is 61.6. The number of nitrogens with two attached hydrogens (primary N) is 1. The molecule has 0 radical (unpaired) electrons. The highest BCUT2D eigenvalue weighted by Gasteiger charge is 2.35. The van der Waals surface area contributed by atoms with Gasteiger partial charge < -0.3 is 89.3 Å². The van der Waals surface area contributed by atoms with Crippen molar-refractivity contribution in [2.75, 3.05) is 109 Å². The summed E-state index contributed by atoms with van der Waals surface area (Å²) in [6.07, 6.45) is 4.61. The van der Waals surface area contributed by atoms with E-state index in [0.717, 1.165) is 0 Å². The van der Waals surface area contributed by atoms with E-state index in [0.29, 0.717) is 33.5 Å². The van der Waals surface area contributed by atoms with Gasteiger partial charge in [0.05, 0.1) is 51.7 Å². The average Bonchev–Trinajstić information content (AvgIpc) is 1.67. The highest BCUT2D eigenvalue weighted by atomic mass is 32.2.